The number of nitrogens with zero attached hydrogens (tertiary/aromatic N) is 3. The molecule has 4 heterocycles. The van der Waals surface area contributed by atoms with E-state index in [4.69, 9.17) is 0 Å². The molecule has 166 valence electrons. The monoisotopic (exact) mass is 438 g/mol. The van der Waals surface area contributed by atoms with E-state index < -0.39 is 11.8 Å². The molecule has 2 atom stereocenters. The van der Waals surface area contributed by atoms with Crippen molar-refractivity contribution in [3.8, 4) is 0 Å². The van der Waals surface area contributed by atoms with Crippen LogP contribution in [0.4, 0.5) is 14.5 Å². The fraction of sp³-hybridized carbons (Fsp3) is 0.375. The summed E-state index contributed by atoms with van der Waals surface area (Å²) in [6.45, 7) is 3.17. The van der Waals surface area contributed by atoms with Crippen LogP contribution in [0.5, 0.6) is 0 Å². The van der Waals surface area contributed by atoms with Crippen LogP contribution in [0, 0.1) is 18.7 Å². The van der Waals surface area contributed by atoms with Gasteiger partial charge in [-0.25, -0.2) is 9.37 Å². The smallest absolute Gasteiger partial charge is 0.256 e. The van der Waals surface area contributed by atoms with E-state index in [1.807, 2.05) is 11.0 Å². The van der Waals surface area contributed by atoms with Gasteiger partial charge in [-0.05, 0) is 67.5 Å². The number of aromatic nitrogens is 2. The summed E-state index contributed by atoms with van der Waals surface area (Å²) >= 11 is 0. The van der Waals surface area contributed by atoms with Crippen LogP contribution in [0.2, 0.25) is 0 Å². The number of carbonyl (C=O) groups excluding carboxylic acids is 1. The van der Waals surface area contributed by atoms with Crippen LogP contribution >= 0.6 is 0 Å². The van der Waals surface area contributed by atoms with E-state index in [2.05, 4.69) is 14.9 Å². The average Bonchev–Trinajstić information content (AvgIpc) is 3.03. The number of aromatic amines is 1. The fourth-order valence-electron chi connectivity index (χ4n) is 5.14. The third kappa shape index (κ3) is 3.74. The number of rotatable bonds is 4. The Morgan fingerprint density at radius 1 is 1.12 bits per heavy atom. The highest BCUT2D eigenvalue weighted by Gasteiger charge is 2.42. The van der Waals surface area contributed by atoms with Crippen LogP contribution < -0.4 is 10.5 Å². The molecule has 2 aliphatic rings. The topological polar surface area (TPSA) is 69.3 Å². The maximum atomic E-state index is 13.6. The SMILES string of the molecule is Cc1cc(F)cc2c(=O)[nH]c(CCC(=O)N3C4CCC3CN(c3ccc(F)nc3)C4)cc12. The second-order valence-corrected chi connectivity index (χ2v) is 8.74. The Hall–Kier alpha value is -3.29. The molecule has 1 N–H and O–H groups in total. The zero-order chi connectivity index (χ0) is 22.4. The van der Waals surface area contributed by atoms with Gasteiger partial charge in [0.1, 0.15) is 5.82 Å². The van der Waals surface area contributed by atoms with Gasteiger partial charge in [0.25, 0.3) is 5.56 Å². The van der Waals surface area contributed by atoms with Crippen molar-refractivity contribution < 1.29 is 13.6 Å². The quantitative estimate of drug-likeness (QED) is 0.635. The van der Waals surface area contributed by atoms with Gasteiger partial charge in [0, 0.05) is 37.3 Å². The number of fused-ring (bicyclic) bond motifs is 3. The molecule has 0 saturated carbocycles. The van der Waals surface area contributed by atoms with Crippen molar-refractivity contribution in [3.05, 3.63) is 69.9 Å². The van der Waals surface area contributed by atoms with Crippen LogP contribution in [-0.2, 0) is 11.2 Å². The Morgan fingerprint density at radius 3 is 2.56 bits per heavy atom. The van der Waals surface area contributed by atoms with E-state index >= 15 is 0 Å². The summed E-state index contributed by atoms with van der Waals surface area (Å²) < 4.78 is 26.8. The second kappa shape index (κ2) is 8.00. The van der Waals surface area contributed by atoms with Crippen LogP contribution in [0.1, 0.15) is 30.5 Å². The Balaban J connectivity index is 1.28. The fourth-order valence-corrected chi connectivity index (χ4v) is 5.14. The first-order valence-electron chi connectivity index (χ1n) is 10.9. The molecule has 6 nitrogen and oxygen atoms in total. The van der Waals surface area contributed by atoms with Gasteiger partial charge in [0.15, 0.2) is 0 Å². The summed E-state index contributed by atoms with van der Waals surface area (Å²) in [5.41, 5.74) is 1.90. The van der Waals surface area contributed by atoms with E-state index in [-0.39, 0.29) is 23.6 Å². The van der Waals surface area contributed by atoms with E-state index in [9.17, 15) is 18.4 Å². The Morgan fingerprint density at radius 2 is 1.88 bits per heavy atom. The summed E-state index contributed by atoms with van der Waals surface area (Å²) in [5, 5.41) is 1.03. The molecule has 32 heavy (non-hydrogen) atoms. The lowest BCUT2D eigenvalue weighted by molar-refractivity contribution is -0.134. The van der Waals surface area contributed by atoms with Crippen molar-refractivity contribution in [2.24, 2.45) is 0 Å². The molecular weight excluding hydrogens is 414 g/mol. The molecule has 2 unspecified atom stereocenters. The molecule has 8 heteroatoms. The first kappa shape index (κ1) is 20.6. The van der Waals surface area contributed by atoms with E-state index in [0.29, 0.717) is 48.0 Å². The van der Waals surface area contributed by atoms with Crippen LogP contribution in [-0.4, -0.2) is 45.9 Å². The number of amides is 1. The first-order valence-corrected chi connectivity index (χ1v) is 10.9. The molecule has 1 aromatic carbocycles. The summed E-state index contributed by atoms with van der Waals surface area (Å²) in [5.74, 6) is -0.863. The minimum absolute atomic E-state index is 0.0751. The van der Waals surface area contributed by atoms with Gasteiger partial charge in [-0.3, -0.25) is 9.59 Å². The number of H-pyrrole nitrogens is 1. The summed E-state index contributed by atoms with van der Waals surface area (Å²) in [4.78, 5) is 36.2. The highest BCUT2D eigenvalue weighted by atomic mass is 19.1. The molecule has 2 aromatic heterocycles. The van der Waals surface area contributed by atoms with Gasteiger partial charge in [0.05, 0.1) is 17.3 Å². The maximum Gasteiger partial charge on any atom is 0.256 e. The number of piperazine rings is 1. The lowest BCUT2D eigenvalue weighted by atomic mass is 10.0. The number of carbonyl (C=O) groups is 1. The van der Waals surface area contributed by atoms with Gasteiger partial charge in [-0.1, -0.05) is 0 Å². The molecule has 0 spiro atoms. The number of hydrogen-bond acceptors (Lipinski definition) is 4. The average molecular weight is 438 g/mol. The predicted molar refractivity (Wildman–Crippen MR) is 118 cm³/mol. The van der Waals surface area contributed by atoms with Gasteiger partial charge in [-0.2, -0.15) is 4.39 Å². The third-order valence-electron chi connectivity index (χ3n) is 6.64. The highest BCUT2D eigenvalue weighted by Crippen LogP contribution is 2.33. The molecule has 1 amide bonds. The van der Waals surface area contributed by atoms with Gasteiger partial charge in [-0.15, -0.1) is 0 Å². The van der Waals surface area contributed by atoms with Crippen molar-refractivity contribution in [2.75, 3.05) is 18.0 Å². The van der Waals surface area contributed by atoms with Gasteiger partial charge >= 0.3 is 0 Å². The maximum absolute atomic E-state index is 13.6. The number of anilines is 1. The first-order chi connectivity index (χ1) is 15.4. The third-order valence-corrected chi connectivity index (χ3v) is 6.64. The minimum atomic E-state index is -0.502. The van der Waals surface area contributed by atoms with Crippen molar-refractivity contribution in [2.45, 2.75) is 44.7 Å². The van der Waals surface area contributed by atoms with Gasteiger partial charge < -0.3 is 14.8 Å². The second-order valence-electron chi connectivity index (χ2n) is 8.74. The highest BCUT2D eigenvalue weighted by molar-refractivity contribution is 5.85. The van der Waals surface area contributed by atoms with Crippen LogP contribution in [0.15, 0.2) is 41.3 Å². The molecule has 3 aromatic rings. The number of benzene rings is 1. The number of pyridine rings is 2. The Bertz CT molecular complexity index is 1230. The number of hydrogen-bond donors (Lipinski definition) is 1. The molecule has 2 fully saturated rings. The predicted octanol–water partition coefficient (Wildman–Crippen LogP) is 3.32. The molecule has 2 bridgehead atoms. The van der Waals surface area contributed by atoms with E-state index in [1.54, 1.807) is 13.0 Å². The van der Waals surface area contributed by atoms with E-state index in [1.165, 1.54) is 24.4 Å². The minimum Gasteiger partial charge on any atom is -0.366 e. The largest absolute Gasteiger partial charge is 0.366 e. The summed E-state index contributed by atoms with van der Waals surface area (Å²) in [6, 6.07) is 7.80. The normalized spacial score (nSPS) is 20.2. The number of nitrogens with one attached hydrogen (secondary N) is 1. The lowest BCUT2D eigenvalue weighted by Gasteiger charge is -2.42. The molecule has 2 aliphatic heterocycles. The molecular formula is C24H24F2N4O2. The van der Waals surface area contributed by atoms with Crippen molar-refractivity contribution in [1.82, 2.24) is 14.9 Å². The van der Waals surface area contributed by atoms with Crippen molar-refractivity contribution in [3.63, 3.8) is 0 Å². The molecule has 0 radical (unpaired) electrons. The van der Waals surface area contributed by atoms with E-state index in [0.717, 1.165) is 18.5 Å². The molecule has 2 saturated heterocycles. The standard InChI is InChI=1S/C24H24F2N4O2/c1-14-8-15(25)9-21-20(14)10-16(28-24(21)32)2-7-23(31)30-18-3-4-19(30)13-29(12-18)17-5-6-22(26)27-11-17/h5-6,8-11,18-19H,2-4,7,12-13H2,1H3,(H,28,32). The number of aryl methyl sites for hydroxylation is 2. The van der Waals surface area contributed by atoms with Crippen molar-refractivity contribution >= 4 is 22.4 Å². The Kier molecular flexibility index (Phi) is 5.15. The molecule has 5 rings (SSSR count). The zero-order valence-corrected chi connectivity index (χ0v) is 17.8. The number of halogens is 2. The summed E-state index contributed by atoms with van der Waals surface area (Å²) in [6.07, 6.45) is 4.14. The lowest BCUT2D eigenvalue weighted by Crippen LogP contribution is -2.56. The zero-order valence-electron chi connectivity index (χ0n) is 17.8. The van der Waals surface area contributed by atoms with Gasteiger partial charge in [0.2, 0.25) is 11.9 Å². The van der Waals surface area contributed by atoms with Crippen LogP contribution in [0.3, 0.4) is 0 Å². The molecule has 0 aliphatic carbocycles. The van der Waals surface area contributed by atoms with Crippen LogP contribution in [0.25, 0.3) is 10.8 Å². The summed E-state index contributed by atoms with van der Waals surface area (Å²) in [7, 11) is 0. The van der Waals surface area contributed by atoms with Crippen molar-refractivity contribution in [1.29, 1.82) is 0 Å². The Labute approximate surface area is 183 Å².